The molecule has 2 heterocycles. The van der Waals surface area contributed by atoms with Gasteiger partial charge in [0.05, 0.1) is 12.6 Å². The van der Waals surface area contributed by atoms with Crippen molar-refractivity contribution >= 4 is 17.2 Å². The molecule has 4 rings (SSSR count). The molecule has 1 fully saturated rings. The topological polar surface area (TPSA) is 23.6 Å². The lowest BCUT2D eigenvalue weighted by atomic mass is 9.93. The van der Waals surface area contributed by atoms with Crippen molar-refractivity contribution in [1.82, 2.24) is 9.80 Å². The van der Waals surface area contributed by atoms with Crippen LogP contribution in [-0.2, 0) is 11.2 Å². The molecule has 0 radical (unpaired) electrons. The quantitative estimate of drug-likeness (QED) is 0.812. The molecule has 1 amide bonds. The first kappa shape index (κ1) is 16.8. The van der Waals surface area contributed by atoms with Crippen molar-refractivity contribution in [3.8, 4) is 0 Å². The van der Waals surface area contributed by atoms with Gasteiger partial charge in [-0.25, -0.2) is 0 Å². The van der Waals surface area contributed by atoms with Gasteiger partial charge in [0, 0.05) is 17.5 Å². The molecule has 2 unspecified atom stereocenters. The summed E-state index contributed by atoms with van der Waals surface area (Å²) in [5.74, 6) is 1.04. The van der Waals surface area contributed by atoms with Crippen molar-refractivity contribution in [1.29, 1.82) is 0 Å². The second-order valence-electron chi connectivity index (χ2n) is 7.44. The fraction of sp³-hybridized carbons (Fsp3) is 0.476. The Morgan fingerprint density at radius 1 is 1.28 bits per heavy atom. The fourth-order valence-corrected chi connectivity index (χ4v) is 4.87. The molecule has 2 aliphatic rings. The number of benzene rings is 1. The minimum atomic E-state index is 0.0633. The SMILES string of the molecule is CC(C1CC1)N(C)CC(=O)N1CCc2sccc2C1c1ccccc1. The van der Waals surface area contributed by atoms with Crippen LogP contribution in [0.5, 0.6) is 0 Å². The maximum absolute atomic E-state index is 13.2. The lowest BCUT2D eigenvalue weighted by Crippen LogP contribution is -2.46. The number of amides is 1. The van der Waals surface area contributed by atoms with E-state index in [9.17, 15) is 4.79 Å². The molecule has 3 nitrogen and oxygen atoms in total. The van der Waals surface area contributed by atoms with Crippen LogP contribution in [0.15, 0.2) is 41.8 Å². The van der Waals surface area contributed by atoms with Crippen LogP contribution in [0.25, 0.3) is 0 Å². The molecule has 2 atom stereocenters. The molecule has 2 aromatic rings. The van der Waals surface area contributed by atoms with E-state index >= 15 is 0 Å². The van der Waals surface area contributed by atoms with Gasteiger partial charge in [0.2, 0.25) is 5.91 Å². The third-order valence-corrected chi connectivity index (χ3v) is 6.78. The van der Waals surface area contributed by atoms with Crippen molar-refractivity contribution in [3.05, 3.63) is 57.8 Å². The van der Waals surface area contributed by atoms with E-state index in [0.29, 0.717) is 12.6 Å². The molecule has 0 N–H and O–H groups in total. The normalized spacial score (nSPS) is 21.2. The van der Waals surface area contributed by atoms with Gasteiger partial charge < -0.3 is 4.90 Å². The number of thiophene rings is 1. The highest BCUT2D eigenvalue weighted by Gasteiger charge is 2.35. The molecule has 1 aliphatic heterocycles. The van der Waals surface area contributed by atoms with E-state index in [1.807, 2.05) is 17.4 Å². The van der Waals surface area contributed by atoms with Gasteiger partial charge in [-0.15, -0.1) is 11.3 Å². The Bertz CT molecular complexity index is 737. The molecule has 25 heavy (non-hydrogen) atoms. The zero-order chi connectivity index (χ0) is 17.4. The van der Waals surface area contributed by atoms with Crippen LogP contribution in [0.3, 0.4) is 0 Å². The predicted molar refractivity (Wildman–Crippen MR) is 103 cm³/mol. The summed E-state index contributed by atoms with van der Waals surface area (Å²) in [5, 5.41) is 2.16. The number of hydrogen-bond donors (Lipinski definition) is 0. The standard InChI is InChI=1S/C21H26N2OS/c1-15(16-8-9-16)22(2)14-20(24)23-12-10-19-18(11-13-25-19)21(23)17-6-4-3-5-7-17/h3-7,11,13,15-16,21H,8-10,12,14H2,1-2H3. The van der Waals surface area contributed by atoms with Crippen molar-refractivity contribution in [3.63, 3.8) is 0 Å². The molecule has 1 aromatic carbocycles. The summed E-state index contributed by atoms with van der Waals surface area (Å²) in [6.45, 7) is 3.59. The molecular weight excluding hydrogens is 328 g/mol. The smallest absolute Gasteiger partial charge is 0.237 e. The van der Waals surface area contributed by atoms with Gasteiger partial charge in [0.1, 0.15) is 0 Å². The summed E-state index contributed by atoms with van der Waals surface area (Å²) in [5.41, 5.74) is 2.53. The number of carbonyl (C=O) groups excluding carboxylic acids is 1. The Labute approximate surface area is 154 Å². The van der Waals surface area contributed by atoms with E-state index in [1.165, 1.54) is 28.8 Å². The van der Waals surface area contributed by atoms with Gasteiger partial charge in [-0.2, -0.15) is 0 Å². The van der Waals surface area contributed by atoms with E-state index in [4.69, 9.17) is 0 Å². The molecular formula is C21H26N2OS. The van der Waals surface area contributed by atoms with Crippen LogP contribution in [-0.4, -0.2) is 41.9 Å². The number of likely N-dealkylation sites (N-methyl/N-ethyl adjacent to an activating group) is 1. The lowest BCUT2D eigenvalue weighted by molar-refractivity contribution is -0.134. The summed E-state index contributed by atoms with van der Waals surface area (Å²) in [6.07, 6.45) is 3.60. The Morgan fingerprint density at radius 2 is 2.04 bits per heavy atom. The second kappa shape index (κ2) is 6.93. The third-order valence-electron chi connectivity index (χ3n) is 5.79. The monoisotopic (exact) mass is 354 g/mol. The number of hydrogen-bond acceptors (Lipinski definition) is 3. The minimum absolute atomic E-state index is 0.0633. The predicted octanol–water partition coefficient (Wildman–Crippen LogP) is 3.95. The average molecular weight is 355 g/mol. The first-order chi connectivity index (χ1) is 12.1. The zero-order valence-electron chi connectivity index (χ0n) is 15.0. The van der Waals surface area contributed by atoms with Crippen LogP contribution >= 0.6 is 11.3 Å². The van der Waals surface area contributed by atoms with Gasteiger partial charge in [-0.1, -0.05) is 30.3 Å². The minimum Gasteiger partial charge on any atom is -0.330 e. The van der Waals surface area contributed by atoms with Gasteiger partial charge in [0.25, 0.3) is 0 Å². The highest BCUT2D eigenvalue weighted by Crippen LogP contribution is 2.38. The van der Waals surface area contributed by atoms with Crippen LogP contribution in [0.4, 0.5) is 0 Å². The molecule has 0 spiro atoms. The molecule has 1 aromatic heterocycles. The summed E-state index contributed by atoms with van der Waals surface area (Å²) in [6, 6.07) is 13.2. The summed E-state index contributed by atoms with van der Waals surface area (Å²) >= 11 is 1.82. The van der Waals surface area contributed by atoms with E-state index < -0.39 is 0 Å². The van der Waals surface area contributed by atoms with Gasteiger partial charge in [-0.3, -0.25) is 9.69 Å². The molecule has 132 valence electrons. The molecule has 0 bridgehead atoms. The summed E-state index contributed by atoms with van der Waals surface area (Å²) in [4.78, 5) is 18.9. The van der Waals surface area contributed by atoms with E-state index in [0.717, 1.165) is 18.9 Å². The zero-order valence-corrected chi connectivity index (χ0v) is 15.8. The fourth-order valence-electron chi connectivity index (χ4n) is 3.97. The maximum Gasteiger partial charge on any atom is 0.237 e. The van der Waals surface area contributed by atoms with Crippen LogP contribution in [0.1, 0.15) is 41.8 Å². The van der Waals surface area contributed by atoms with Crippen LogP contribution in [0, 0.1) is 5.92 Å². The first-order valence-corrected chi connectivity index (χ1v) is 10.1. The van der Waals surface area contributed by atoms with Gasteiger partial charge in [-0.05, 0) is 61.7 Å². The average Bonchev–Trinajstić information content (AvgIpc) is 3.37. The third kappa shape index (κ3) is 3.38. The van der Waals surface area contributed by atoms with E-state index in [-0.39, 0.29) is 11.9 Å². The number of rotatable bonds is 5. The Morgan fingerprint density at radius 3 is 2.76 bits per heavy atom. The molecule has 1 aliphatic carbocycles. The Hall–Kier alpha value is -1.65. The highest BCUT2D eigenvalue weighted by molar-refractivity contribution is 7.10. The molecule has 1 saturated carbocycles. The number of carbonyl (C=O) groups is 1. The van der Waals surface area contributed by atoms with Crippen molar-refractivity contribution in [2.45, 2.75) is 38.3 Å². The largest absolute Gasteiger partial charge is 0.330 e. The van der Waals surface area contributed by atoms with Crippen molar-refractivity contribution in [2.75, 3.05) is 20.1 Å². The highest BCUT2D eigenvalue weighted by atomic mass is 32.1. The molecule has 4 heteroatoms. The van der Waals surface area contributed by atoms with Gasteiger partial charge >= 0.3 is 0 Å². The van der Waals surface area contributed by atoms with Crippen molar-refractivity contribution in [2.24, 2.45) is 5.92 Å². The number of fused-ring (bicyclic) bond motifs is 1. The maximum atomic E-state index is 13.2. The van der Waals surface area contributed by atoms with Gasteiger partial charge in [0.15, 0.2) is 0 Å². The first-order valence-electron chi connectivity index (χ1n) is 9.26. The summed E-state index contributed by atoms with van der Waals surface area (Å²) < 4.78 is 0. The lowest BCUT2D eigenvalue weighted by Gasteiger charge is -2.38. The van der Waals surface area contributed by atoms with Crippen molar-refractivity contribution < 1.29 is 4.79 Å². The van der Waals surface area contributed by atoms with E-state index in [2.05, 4.69) is 59.5 Å². The molecule has 0 saturated heterocycles. The Kier molecular flexibility index (Phi) is 4.65. The second-order valence-corrected chi connectivity index (χ2v) is 8.44. The van der Waals surface area contributed by atoms with E-state index in [1.54, 1.807) is 0 Å². The van der Waals surface area contributed by atoms with Crippen LogP contribution < -0.4 is 0 Å². The Balaban J connectivity index is 1.58. The number of nitrogens with zero attached hydrogens (tertiary/aromatic N) is 2. The van der Waals surface area contributed by atoms with Crippen LogP contribution in [0.2, 0.25) is 0 Å². The summed E-state index contributed by atoms with van der Waals surface area (Å²) in [7, 11) is 2.10.